The average molecular weight is 336 g/mol. The lowest BCUT2D eigenvalue weighted by Crippen LogP contribution is -2.53. The normalized spacial score (nSPS) is 32.7. The maximum absolute atomic E-state index is 13.1. The van der Waals surface area contributed by atoms with Crippen molar-refractivity contribution in [2.75, 3.05) is 19.6 Å². The van der Waals surface area contributed by atoms with Gasteiger partial charge in [-0.25, -0.2) is 0 Å². The number of hydrogen-bond donors (Lipinski definition) is 1. The minimum Gasteiger partial charge on any atom is -0.481 e. The van der Waals surface area contributed by atoms with E-state index in [9.17, 15) is 19.5 Å². The van der Waals surface area contributed by atoms with Crippen molar-refractivity contribution in [1.82, 2.24) is 9.80 Å². The van der Waals surface area contributed by atoms with Crippen molar-refractivity contribution in [3.05, 3.63) is 0 Å². The largest absolute Gasteiger partial charge is 0.481 e. The molecule has 0 aromatic heterocycles. The van der Waals surface area contributed by atoms with Crippen molar-refractivity contribution in [3.63, 3.8) is 0 Å². The third kappa shape index (κ3) is 2.80. The predicted molar refractivity (Wildman–Crippen MR) is 88.2 cm³/mol. The Hall–Kier alpha value is -1.59. The molecule has 0 bridgehead atoms. The zero-order valence-corrected chi connectivity index (χ0v) is 14.5. The molecule has 24 heavy (non-hydrogen) atoms. The SMILES string of the molecule is CCCC(=O)N1CCCCC1C(=O)N1C[C@@H]2CCC[C@@]2(C(=O)O)C1. The second kappa shape index (κ2) is 6.73. The standard InChI is InChI=1S/C18H28N2O4/c1-2-6-15(21)20-10-4-3-8-14(20)16(22)19-11-13-7-5-9-18(13,12-19)17(23)24/h13-14H,2-12H2,1H3,(H,23,24)/t13-,14?,18+/m0/s1. The topological polar surface area (TPSA) is 77.9 Å². The second-order valence-corrected chi connectivity index (χ2v) is 7.62. The maximum Gasteiger partial charge on any atom is 0.311 e. The highest BCUT2D eigenvalue weighted by Crippen LogP contribution is 2.49. The van der Waals surface area contributed by atoms with Crippen LogP contribution >= 0.6 is 0 Å². The van der Waals surface area contributed by atoms with Gasteiger partial charge in [-0.05, 0) is 44.4 Å². The molecule has 3 aliphatic rings. The van der Waals surface area contributed by atoms with Crippen molar-refractivity contribution in [3.8, 4) is 0 Å². The van der Waals surface area contributed by atoms with E-state index >= 15 is 0 Å². The summed E-state index contributed by atoms with van der Waals surface area (Å²) in [7, 11) is 0. The predicted octanol–water partition coefficient (Wildman–Crippen LogP) is 1.88. The number of carbonyl (C=O) groups is 3. The summed E-state index contributed by atoms with van der Waals surface area (Å²) < 4.78 is 0. The molecule has 3 rings (SSSR count). The molecule has 1 aliphatic carbocycles. The van der Waals surface area contributed by atoms with Crippen LogP contribution in [0.25, 0.3) is 0 Å². The van der Waals surface area contributed by atoms with E-state index < -0.39 is 11.4 Å². The molecule has 3 fully saturated rings. The van der Waals surface area contributed by atoms with E-state index in [0.29, 0.717) is 38.9 Å². The molecule has 3 atom stereocenters. The first kappa shape index (κ1) is 17.2. The third-order valence-electron chi connectivity index (χ3n) is 6.18. The molecule has 134 valence electrons. The van der Waals surface area contributed by atoms with E-state index in [1.165, 1.54) is 0 Å². The van der Waals surface area contributed by atoms with Crippen LogP contribution in [0, 0.1) is 11.3 Å². The first-order chi connectivity index (χ1) is 11.5. The number of aliphatic carboxylic acids is 1. The van der Waals surface area contributed by atoms with E-state index in [4.69, 9.17) is 0 Å². The molecule has 6 nitrogen and oxygen atoms in total. The van der Waals surface area contributed by atoms with Gasteiger partial charge in [0.2, 0.25) is 11.8 Å². The lowest BCUT2D eigenvalue weighted by Gasteiger charge is -2.37. The summed E-state index contributed by atoms with van der Waals surface area (Å²) in [5.41, 5.74) is -0.747. The Morgan fingerprint density at radius 3 is 2.62 bits per heavy atom. The molecule has 0 aromatic carbocycles. The Balaban J connectivity index is 1.74. The number of likely N-dealkylation sites (tertiary alicyclic amines) is 2. The van der Waals surface area contributed by atoms with E-state index in [1.807, 2.05) is 6.92 Å². The fraction of sp³-hybridized carbons (Fsp3) is 0.833. The van der Waals surface area contributed by atoms with E-state index in [1.54, 1.807) is 9.80 Å². The zero-order valence-electron chi connectivity index (χ0n) is 14.5. The minimum atomic E-state index is -0.761. The molecule has 0 aromatic rings. The van der Waals surface area contributed by atoms with Crippen LogP contribution in [0.4, 0.5) is 0 Å². The highest BCUT2D eigenvalue weighted by Gasteiger charge is 2.56. The third-order valence-corrected chi connectivity index (χ3v) is 6.18. The minimum absolute atomic E-state index is 0.0332. The van der Waals surface area contributed by atoms with E-state index in [2.05, 4.69) is 0 Å². The molecule has 2 saturated heterocycles. The van der Waals surface area contributed by atoms with Gasteiger partial charge in [0.1, 0.15) is 6.04 Å². The zero-order chi connectivity index (χ0) is 17.3. The van der Waals surface area contributed by atoms with Gasteiger partial charge in [0.05, 0.1) is 5.41 Å². The van der Waals surface area contributed by atoms with Crippen molar-refractivity contribution >= 4 is 17.8 Å². The molecular formula is C18H28N2O4. The number of hydrogen-bond acceptors (Lipinski definition) is 3. The number of carbonyl (C=O) groups excluding carboxylic acids is 2. The summed E-state index contributed by atoms with van der Waals surface area (Å²) in [6.07, 6.45) is 6.35. The maximum atomic E-state index is 13.1. The van der Waals surface area contributed by atoms with Crippen LogP contribution in [0.5, 0.6) is 0 Å². The first-order valence-corrected chi connectivity index (χ1v) is 9.31. The monoisotopic (exact) mass is 336 g/mol. The highest BCUT2D eigenvalue weighted by atomic mass is 16.4. The van der Waals surface area contributed by atoms with Gasteiger partial charge in [-0.1, -0.05) is 13.3 Å². The smallest absolute Gasteiger partial charge is 0.311 e. The van der Waals surface area contributed by atoms with Gasteiger partial charge in [0.15, 0.2) is 0 Å². The van der Waals surface area contributed by atoms with Crippen LogP contribution in [-0.4, -0.2) is 58.4 Å². The highest BCUT2D eigenvalue weighted by molar-refractivity contribution is 5.89. The molecule has 2 amide bonds. The second-order valence-electron chi connectivity index (χ2n) is 7.62. The van der Waals surface area contributed by atoms with Gasteiger partial charge in [-0.3, -0.25) is 14.4 Å². The van der Waals surface area contributed by atoms with Gasteiger partial charge >= 0.3 is 5.97 Å². The molecule has 2 aliphatic heterocycles. The van der Waals surface area contributed by atoms with Gasteiger partial charge in [0, 0.05) is 26.1 Å². The molecular weight excluding hydrogens is 308 g/mol. The Labute approximate surface area is 143 Å². The molecule has 1 unspecified atom stereocenters. The summed E-state index contributed by atoms with van der Waals surface area (Å²) in [6, 6.07) is -0.387. The molecule has 0 spiro atoms. The molecule has 1 saturated carbocycles. The van der Waals surface area contributed by atoms with Gasteiger partial charge in [-0.15, -0.1) is 0 Å². The van der Waals surface area contributed by atoms with Crippen LogP contribution in [0.15, 0.2) is 0 Å². The fourth-order valence-electron chi connectivity index (χ4n) is 4.86. The summed E-state index contributed by atoms with van der Waals surface area (Å²) in [5.74, 6) is -0.665. The van der Waals surface area contributed by atoms with Crippen molar-refractivity contribution in [2.45, 2.75) is 64.3 Å². The quantitative estimate of drug-likeness (QED) is 0.850. The van der Waals surface area contributed by atoms with Crippen molar-refractivity contribution in [2.24, 2.45) is 11.3 Å². The van der Waals surface area contributed by atoms with Crippen LogP contribution < -0.4 is 0 Å². The first-order valence-electron chi connectivity index (χ1n) is 9.31. The van der Waals surface area contributed by atoms with Gasteiger partial charge in [-0.2, -0.15) is 0 Å². The number of fused-ring (bicyclic) bond motifs is 1. The van der Waals surface area contributed by atoms with E-state index in [0.717, 1.165) is 32.1 Å². The number of nitrogens with zero attached hydrogens (tertiary/aromatic N) is 2. The Bertz CT molecular complexity index is 535. The van der Waals surface area contributed by atoms with Crippen LogP contribution in [0.2, 0.25) is 0 Å². The van der Waals surface area contributed by atoms with Crippen molar-refractivity contribution < 1.29 is 19.5 Å². The molecule has 6 heteroatoms. The summed E-state index contributed by atoms with van der Waals surface area (Å²) >= 11 is 0. The fourth-order valence-corrected chi connectivity index (χ4v) is 4.86. The van der Waals surface area contributed by atoms with Crippen LogP contribution in [0.3, 0.4) is 0 Å². The Morgan fingerprint density at radius 2 is 1.96 bits per heavy atom. The lowest BCUT2D eigenvalue weighted by atomic mass is 9.81. The number of carboxylic acid groups (broad SMARTS) is 1. The van der Waals surface area contributed by atoms with Crippen molar-refractivity contribution in [1.29, 1.82) is 0 Å². The Kier molecular flexibility index (Phi) is 4.83. The van der Waals surface area contributed by atoms with E-state index in [-0.39, 0.29) is 23.8 Å². The van der Waals surface area contributed by atoms with Crippen LogP contribution in [0.1, 0.15) is 58.3 Å². The summed E-state index contributed by atoms with van der Waals surface area (Å²) in [5, 5.41) is 9.69. The molecule has 0 radical (unpaired) electrons. The average Bonchev–Trinajstić information content (AvgIpc) is 3.12. The van der Waals surface area contributed by atoms with Gasteiger partial charge in [0.25, 0.3) is 0 Å². The number of rotatable bonds is 4. The Morgan fingerprint density at radius 1 is 1.17 bits per heavy atom. The summed E-state index contributed by atoms with van der Waals surface area (Å²) in [4.78, 5) is 40.7. The summed E-state index contributed by atoms with van der Waals surface area (Å²) in [6.45, 7) is 3.48. The number of amides is 2. The van der Waals surface area contributed by atoms with Crippen LogP contribution in [-0.2, 0) is 14.4 Å². The number of carboxylic acids is 1. The molecule has 2 heterocycles. The van der Waals surface area contributed by atoms with Gasteiger partial charge < -0.3 is 14.9 Å². The molecule has 1 N–H and O–H groups in total. The number of piperidine rings is 1. The lowest BCUT2D eigenvalue weighted by molar-refractivity contribution is -0.151.